The number of methoxy groups -OCH3 is 3. The molecule has 13 nitrogen and oxygen atoms in total. The monoisotopic (exact) mass is 522 g/mol. The number of phenols is 2. The fraction of sp³-hybridized carbons (Fsp3) is 0.375. The summed E-state index contributed by atoms with van der Waals surface area (Å²) in [5.74, 6) is -1.73. The van der Waals surface area contributed by atoms with E-state index < -0.39 is 54.2 Å². The lowest BCUT2D eigenvalue weighted by molar-refractivity contribution is -0.277. The van der Waals surface area contributed by atoms with Crippen molar-refractivity contribution in [3.63, 3.8) is 0 Å². The van der Waals surface area contributed by atoms with Crippen molar-refractivity contribution in [3.05, 3.63) is 34.5 Å². The molecule has 4 rings (SSSR count). The first kappa shape index (κ1) is 26.3. The van der Waals surface area contributed by atoms with Crippen molar-refractivity contribution in [2.75, 3.05) is 27.9 Å². The van der Waals surface area contributed by atoms with Crippen LogP contribution in [0.5, 0.6) is 34.5 Å². The second-order valence-corrected chi connectivity index (χ2v) is 8.12. The molecule has 0 amide bonds. The van der Waals surface area contributed by atoms with Crippen LogP contribution in [-0.2, 0) is 4.74 Å². The molecule has 1 saturated heterocycles. The van der Waals surface area contributed by atoms with Crippen molar-refractivity contribution in [3.8, 4) is 45.8 Å². The number of fused-ring (bicyclic) bond motifs is 1. The first-order valence-electron chi connectivity index (χ1n) is 11.0. The Morgan fingerprint density at radius 3 is 2.19 bits per heavy atom. The van der Waals surface area contributed by atoms with E-state index in [2.05, 4.69) is 0 Å². The van der Waals surface area contributed by atoms with Crippen LogP contribution in [0.3, 0.4) is 0 Å². The zero-order chi connectivity index (χ0) is 27.0. The largest absolute Gasteiger partial charge is 0.504 e. The molecule has 200 valence electrons. The molecule has 1 fully saturated rings. The van der Waals surface area contributed by atoms with Gasteiger partial charge in [-0.3, -0.25) is 4.79 Å². The number of phenolic OH excluding ortho intramolecular Hbond substituents is 2. The zero-order valence-corrected chi connectivity index (χ0v) is 19.9. The minimum Gasteiger partial charge on any atom is -0.504 e. The van der Waals surface area contributed by atoms with E-state index in [1.54, 1.807) is 0 Å². The van der Waals surface area contributed by atoms with E-state index >= 15 is 0 Å². The highest BCUT2D eigenvalue weighted by atomic mass is 16.7. The number of ether oxygens (including phenoxy) is 5. The summed E-state index contributed by atoms with van der Waals surface area (Å²) in [6, 6.07) is 5.59. The number of benzene rings is 2. The highest BCUT2D eigenvalue weighted by Crippen LogP contribution is 2.44. The molecule has 0 aliphatic carbocycles. The first-order valence-corrected chi connectivity index (χ1v) is 11.0. The molecule has 0 spiro atoms. The van der Waals surface area contributed by atoms with Crippen molar-refractivity contribution in [1.29, 1.82) is 0 Å². The molecule has 0 bridgehead atoms. The van der Waals surface area contributed by atoms with Crippen LogP contribution in [-0.4, -0.2) is 89.3 Å². The maximum Gasteiger partial charge on any atom is 0.239 e. The number of rotatable bonds is 7. The first-order chi connectivity index (χ1) is 17.7. The van der Waals surface area contributed by atoms with Gasteiger partial charge in [0.2, 0.25) is 23.2 Å². The third-order valence-corrected chi connectivity index (χ3v) is 6.00. The molecule has 37 heavy (non-hydrogen) atoms. The van der Waals surface area contributed by atoms with Gasteiger partial charge in [0.1, 0.15) is 35.4 Å². The molecule has 13 heteroatoms. The summed E-state index contributed by atoms with van der Waals surface area (Å²) in [6.45, 7) is -0.646. The SMILES string of the molecule is COc1ccc(-c2oc3cc(OC)c(O)c(O)c3c(=O)c2OC)cc1O[C@@H]1OC(CO)[C@H](O)[C@H](O)C1O. The summed E-state index contributed by atoms with van der Waals surface area (Å²) in [5, 5.41) is 60.0. The van der Waals surface area contributed by atoms with Crippen molar-refractivity contribution >= 4 is 11.0 Å². The molecule has 2 heterocycles. The Bertz CT molecular complexity index is 1350. The van der Waals surface area contributed by atoms with Crippen LogP contribution in [0, 0.1) is 0 Å². The minimum atomic E-state index is -1.68. The topological polar surface area (TPSA) is 198 Å². The lowest BCUT2D eigenvalue weighted by Crippen LogP contribution is -2.60. The third kappa shape index (κ3) is 4.47. The number of hydrogen-bond acceptors (Lipinski definition) is 13. The van der Waals surface area contributed by atoms with Crippen LogP contribution in [0.4, 0.5) is 0 Å². The van der Waals surface area contributed by atoms with Gasteiger partial charge in [-0.05, 0) is 18.2 Å². The van der Waals surface area contributed by atoms with E-state index in [1.165, 1.54) is 45.6 Å². The fourth-order valence-corrected chi connectivity index (χ4v) is 4.02. The van der Waals surface area contributed by atoms with Gasteiger partial charge in [-0.15, -0.1) is 0 Å². The quantitative estimate of drug-likeness (QED) is 0.228. The third-order valence-electron chi connectivity index (χ3n) is 6.00. The summed E-state index contributed by atoms with van der Waals surface area (Å²) in [5.41, 5.74) is -0.649. The number of aromatic hydroxyl groups is 2. The second kappa shape index (κ2) is 10.3. The van der Waals surface area contributed by atoms with Gasteiger partial charge in [0.25, 0.3) is 0 Å². The van der Waals surface area contributed by atoms with E-state index in [0.717, 1.165) is 0 Å². The molecule has 6 N–H and O–H groups in total. The zero-order valence-electron chi connectivity index (χ0n) is 19.9. The summed E-state index contributed by atoms with van der Waals surface area (Å²) in [4.78, 5) is 13.1. The molecule has 1 aliphatic rings. The van der Waals surface area contributed by atoms with Gasteiger partial charge < -0.3 is 58.7 Å². The highest BCUT2D eigenvalue weighted by Gasteiger charge is 2.45. The van der Waals surface area contributed by atoms with E-state index in [-0.39, 0.29) is 45.3 Å². The predicted molar refractivity (Wildman–Crippen MR) is 125 cm³/mol. The maximum absolute atomic E-state index is 13.1. The summed E-state index contributed by atoms with van der Waals surface area (Å²) in [6.07, 6.45) is -7.62. The van der Waals surface area contributed by atoms with E-state index in [9.17, 15) is 35.4 Å². The summed E-state index contributed by atoms with van der Waals surface area (Å²) < 4.78 is 32.6. The average Bonchev–Trinajstić information content (AvgIpc) is 2.90. The number of aliphatic hydroxyl groups excluding tert-OH is 4. The number of aliphatic hydroxyl groups is 4. The normalized spacial score (nSPS) is 23.6. The molecule has 3 aromatic rings. The van der Waals surface area contributed by atoms with Crippen molar-refractivity contribution in [2.24, 2.45) is 0 Å². The summed E-state index contributed by atoms with van der Waals surface area (Å²) >= 11 is 0. The lowest BCUT2D eigenvalue weighted by atomic mass is 9.99. The van der Waals surface area contributed by atoms with Gasteiger partial charge >= 0.3 is 0 Å². The molecule has 0 saturated carbocycles. The Hall–Kier alpha value is -3.75. The average molecular weight is 522 g/mol. The maximum atomic E-state index is 13.1. The van der Waals surface area contributed by atoms with Gasteiger partial charge in [0.15, 0.2) is 28.8 Å². The van der Waals surface area contributed by atoms with Crippen LogP contribution < -0.4 is 24.4 Å². The molecular formula is C24H26O13. The Morgan fingerprint density at radius 1 is 0.865 bits per heavy atom. The van der Waals surface area contributed by atoms with Crippen LogP contribution in [0.1, 0.15) is 0 Å². The lowest BCUT2D eigenvalue weighted by Gasteiger charge is -2.39. The summed E-state index contributed by atoms with van der Waals surface area (Å²) in [7, 11) is 3.83. The van der Waals surface area contributed by atoms with Crippen molar-refractivity contribution in [2.45, 2.75) is 30.7 Å². The second-order valence-electron chi connectivity index (χ2n) is 8.12. The van der Waals surface area contributed by atoms with E-state index in [4.69, 9.17) is 28.1 Å². The Labute approximate surface area is 209 Å². The molecular weight excluding hydrogens is 496 g/mol. The van der Waals surface area contributed by atoms with Crippen LogP contribution in [0.25, 0.3) is 22.3 Å². The van der Waals surface area contributed by atoms with E-state index in [0.29, 0.717) is 0 Å². The van der Waals surface area contributed by atoms with Gasteiger partial charge in [0.05, 0.1) is 27.9 Å². The number of hydrogen-bond donors (Lipinski definition) is 6. The van der Waals surface area contributed by atoms with Gasteiger partial charge in [-0.1, -0.05) is 0 Å². The highest BCUT2D eigenvalue weighted by molar-refractivity contribution is 5.91. The van der Waals surface area contributed by atoms with Crippen LogP contribution in [0.2, 0.25) is 0 Å². The van der Waals surface area contributed by atoms with Crippen molar-refractivity contribution in [1.82, 2.24) is 0 Å². The Balaban J connectivity index is 1.83. The molecule has 2 aromatic carbocycles. The molecule has 2 unspecified atom stereocenters. The van der Waals surface area contributed by atoms with Gasteiger partial charge in [-0.2, -0.15) is 0 Å². The fourth-order valence-electron chi connectivity index (χ4n) is 4.02. The van der Waals surface area contributed by atoms with Crippen LogP contribution >= 0.6 is 0 Å². The standard InChI is InChI=1S/C24H26O13/c1-32-10-5-4-9(6-11(10)36-24-21(31)20(30)17(27)14(8-25)37-24)22-23(34-3)19(29)15-12(35-22)7-13(33-2)16(26)18(15)28/h4-7,14,17,20-21,24-28,30-31H,8H2,1-3H3/t14?,17-,20-,21?,24+/m0/s1. The van der Waals surface area contributed by atoms with Crippen molar-refractivity contribution < 1.29 is 58.7 Å². The molecule has 1 aromatic heterocycles. The van der Waals surface area contributed by atoms with Gasteiger partial charge in [-0.25, -0.2) is 0 Å². The van der Waals surface area contributed by atoms with Gasteiger partial charge in [0, 0.05) is 11.6 Å². The van der Waals surface area contributed by atoms with Crippen LogP contribution in [0.15, 0.2) is 33.5 Å². The minimum absolute atomic E-state index is 0.0136. The predicted octanol–water partition coefficient (Wildman–Crippen LogP) is 0.0757. The molecule has 0 radical (unpaired) electrons. The molecule has 1 aliphatic heterocycles. The molecule has 5 atom stereocenters. The Kier molecular flexibility index (Phi) is 7.34. The van der Waals surface area contributed by atoms with E-state index in [1.807, 2.05) is 0 Å². The smallest absolute Gasteiger partial charge is 0.239 e. The Morgan fingerprint density at radius 2 is 1.57 bits per heavy atom.